The molecule has 2 rings (SSSR count). The predicted octanol–water partition coefficient (Wildman–Crippen LogP) is 5.13. The third kappa shape index (κ3) is 9.08. The molecule has 0 heterocycles. The molecule has 0 amide bonds. The molecule has 12 heteroatoms. The standard InChI is InChI=1S/C16H27O2.C5H5F4O4S.U/c1-3-6-14(7-4-2)16(17)18-15-12-8-5-9-13(15)11-10-12;6-4(7,2-1-3-10)5(8,9)14(11,12)13;/h10,12-15H,3-9,11H2,1-2H3;1-2H2,(H,11,12,13);/q2*-1;+2. The van der Waals surface area contributed by atoms with Crippen LogP contribution in [0.4, 0.5) is 17.6 Å². The topological polar surface area (TPSA) is 97.7 Å². The molecule has 2 aliphatic rings. The Morgan fingerprint density at radius 1 is 1.18 bits per heavy atom. The number of ether oxygens (including phenoxy) is 1. The van der Waals surface area contributed by atoms with E-state index in [1.165, 1.54) is 19.3 Å². The van der Waals surface area contributed by atoms with Gasteiger partial charge in [0.1, 0.15) is 0 Å². The molecule has 0 aliphatic heterocycles. The Balaban J connectivity index is 0.000000624. The van der Waals surface area contributed by atoms with Gasteiger partial charge in [-0.2, -0.15) is 32.4 Å². The Kier molecular flexibility index (Phi) is 14.3. The van der Waals surface area contributed by atoms with E-state index in [0.717, 1.165) is 38.4 Å². The van der Waals surface area contributed by atoms with E-state index in [1.807, 2.05) is 0 Å². The van der Waals surface area contributed by atoms with Crippen molar-refractivity contribution in [1.82, 2.24) is 0 Å². The largest absolute Gasteiger partial charge is 2.00 e. The number of rotatable bonds is 11. The van der Waals surface area contributed by atoms with Crippen molar-refractivity contribution in [2.45, 2.75) is 95.3 Å². The van der Waals surface area contributed by atoms with Crippen molar-refractivity contribution >= 4 is 22.4 Å². The van der Waals surface area contributed by atoms with E-state index >= 15 is 0 Å². The number of hydrogen-bond acceptors (Lipinski definition) is 5. The fraction of sp³-hybridized carbons (Fsp3) is 0.857. The second kappa shape index (κ2) is 14.4. The average molecular weight is 727 g/mol. The van der Waals surface area contributed by atoms with Gasteiger partial charge in [0.05, 0.1) is 12.0 Å². The molecule has 3 unspecified atom stereocenters. The zero-order valence-electron chi connectivity index (χ0n) is 18.9. The molecule has 0 saturated heterocycles. The van der Waals surface area contributed by atoms with Gasteiger partial charge in [-0.15, -0.1) is 12.3 Å². The minimum Gasteiger partial charge on any atom is -0.542 e. The molecule has 0 aromatic rings. The van der Waals surface area contributed by atoms with E-state index < -0.39 is 34.1 Å². The van der Waals surface area contributed by atoms with Crippen LogP contribution in [-0.2, 0) is 24.4 Å². The molecule has 2 aliphatic carbocycles. The molecule has 0 radical (unpaired) electrons. The minimum atomic E-state index is -6.20. The summed E-state index contributed by atoms with van der Waals surface area (Å²) in [6.07, 6.45) is 9.81. The Hall–Kier alpha value is -0.178. The molecule has 33 heavy (non-hydrogen) atoms. The van der Waals surface area contributed by atoms with Gasteiger partial charge in [0, 0.05) is 0 Å². The molecule has 0 spiro atoms. The number of hydrogen-bond donors (Lipinski definition) is 1. The molecular formula is C21H32F4O6SU. The van der Waals surface area contributed by atoms with Gasteiger partial charge < -0.3 is 16.0 Å². The molecule has 2 saturated carbocycles. The maximum Gasteiger partial charge on any atom is 2.00 e. The third-order valence-corrected chi connectivity index (χ3v) is 6.84. The zero-order valence-corrected chi connectivity index (χ0v) is 23.8. The van der Waals surface area contributed by atoms with E-state index in [1.54, 1.807) is 0 Å². The molecule has 0 aromatic heterocycles. The number of alkyl halides is 4. The first-order valence-corrected chi connectivity index (χ1v) is 12.4. The van der Waals surface area contributed by atoms with Crippen LogP contribution < -0.4 is 0 Å². The van der Waals surface area contributed by atoms with Crippen LogP contribution in [0.5, 0.6) is 0 Å². The summed E-state index contributed by atoms with van der Waals surface area (Å²) in [4.78, 5) is 21.8. The molecule has 3 atom stereocenters. The van der Waals surface area contributed by atoms with Crippen molar-refractivity contribution < 1.29 is 76.0 Å². The first-order chi connectivity index (χ1) is 14.8. The summed E-state index contributed by atoms with van der Waals surface area (Å²) >= 11 is 0. The molecule has 2 fully saturated rings. The van der Waals surface area contributed by atoms with Crippen LogP contribution in [0.3, 0.4) is 0 Å². The fourth-order valence-electron chi connectivity index (χ4n) is 4.18. The number of fused-ring (bicyclic) bond motifs is 2. The van der Waals surface area contributed by atoms with E-state index in [-0.39, 0.29) is 49.1 Å². The number of esters is 1. The summed E-state index contributed by atoms with van der Waals surface area (Å²) in [6, 6.07) is 0. The SMILES string of the molecule is CCCC(CCC)C(=O)OC1C2[CH-]CC1CCC2.O=[C-]CCC(F)(F)C(F)(F)S(=O)(=O)O.[U+2]. The summed E-state index contributed by atoms with van der Waals surface area (Å²) in [7, 11) is -6.20. The Labute approximate surface area is 217 Å². The molecule has 0 aromatic carbocycles. The Morgan fingerprint density at radius 2 is 1.76 bits per heavy atom. The van der Waals surface area contributed by atoms with Gasteiger partial charge in [0.15, 0.2) is 0 Å². The van der Waals surface area contributed by atoms with Crippen molar-refractivity contribution in [1.29, 1.82) is 0 Å². The second-order valence-electron chi connectivity index (χ2n) is 8.34. The molecule has 190 valence electrons. The number of halogens is 4. The van der Waals surface area contributed by atoms with E-state index in [0.29, 0.717) is 11.8 Å². The fourth-order valence-corrected chi connectivity index (χ4v) is 4.66. The Morgan fingerprint density at radius 3 is 2.21 bits per heavy atom. The van der Waals surface area contributed by atoms with Gasteiger partial charge >= 0.3 is 58.4 Å². The summed E-state index contributed by atoms with van der Waals surface area (Å²) in [5, 5.41) is -5.60. The van der Waals surface area contributed by atoms with Crippen LogP contribution in [0.2, 0.25) is 0 Å². The molecule has 1 N–H and O–H groups in total. The van der Waals surface area contributed by atoms with Crippen LogP contribution in [-0.4, -0.2) is 42.5 Å². The van der Waals surface area contributed by atoms with Crippen molar-refractivity contribution in [2.75, 3.05) is 0 Å². The van der Waals surface area contributed by atoms with Crippen LogP contribution >= 0.6 is 0 Å². The van der Waals surface area contributed by atoms with E-state index in [4.69, 9.17) is 9.29 Å². The van der Waals surface area contributed by atoms with Gasteiger partial charge in [0.25, 0.3) is 0 Å². The summed E-state index contributed by atoms with van der Waals surface area (Å²) in [5.41, 5.74) is 0. The van der Waals surface area contributed by atoms with Gasteiger partial charge in [-0.05, 0) is 31.6 Å². The maximum atomic E-state index is 12.4. The average Bonchev–Trinajstić information content (AvgIpc) is 2.91. The van der Waals surface area contributed by atoms with Gasteiger partial charge in [-0.3, -0.25) is 15.6 Å². The van der Waals surface area contributed by atoms with Crippen molar-refractivity contribution in [3.05, 3.63) is 6.42 Å². The predicted molar refractivity (Wildman–Crippen MR) is 109 cm³/mol. The normalized spacial score (nSPS) is 22.7. The van der Waals surface area contributed by atoms with E-state index in [2.05, 4.69) is 20.3 Å². The smallest absolute Gasteiger partial charge is 0.542 e. The van der Waals surface area contributed by atoms with Gasteiger partial charge in [-0.25, -0.2) is 0 Å². The molecular weight excluding hydrogens is 694 g/mol. The monoisotopic (exact) mass is 726 g/mol. The summed E-state index contributed by atoms with van der Waals surface area (Å²) in [6.45, 7) is 4.29. The van der Waals surface area contributed by atoms with Crippen LogP contribution in [0.25, 0.3) is 0 Å². The summed E-state index contributed by atoms with van der Waals surface area (Å²) < 4.78 is 82.9. The van der Waals surface area contributed by atoms with Crippen molar-refractivity contribution in [2.24, 2.45) is 17.8 Å². The first-order valence-electron chi connectivity index (χ1n) is 10.9. The second-order valence-corrected chi connectivity index (χ2v) is 9.81. The first kappa shape index (κ1) is 32.8. The number of carbonyl (C=O) groups excluding carboxylic acids is 2. The number of carbonyl (C=O) groups is 1. The van der Waals surface area contributed by atoms with Crippen LogP contribution in [0.1, 0.15) is 78.1 Å². The minimum absolute atomic E-state index is 0. The van der Waals surface area contributed by atoms with Crippen LogP contribution in [0.15, 0.2) is 0 Å². The van der Waals surface area contributed by atoms with Crippen LogP contribution in [0, 0.1) is 55.3 Å². The van der Waals surface area contributed by atoms with Gasteiger partial charge in [-0.1, -0.05) is 39.5 Å². The molecule has 6 nitrogen and oxygen atoms in total. The van der Waals surface area contributed by atoms with Crippen molar-refractivity contribution in [3.63, 3.8) is 0 Å². The van der Waals surface area contributed by atoms with Gasteiger partial charge in [0.2, 0.25) is 0 Å². The van der Waals surface area contributed by atoms with Crippen molar-refractivity contribution in [3.8, 4) is 0 Å². The van der Waals surface area contributed by atoms with E-state index in [9.17, 15) is 35.6 Å². The Bertz CT molecular complexity index is 698. The molecule has 2 bridgehead atoms. The summed E-state index contributed by atoms with van der Waals surface area (Å²) in [5.74, 6) is -3.61. The third-order valence-electron chi connectivity index (χ3n) is 5.89. The zero-order chi connectivity index (χ0) is 24.6. The quantitative estimate of drug-likeness (QED) is 0.137. The maximum absolute atomic E-state index is 12.4.